The average Bonchev–Trinajstić information content (AvgIpc) is 2.85. The van der Waals surface area contributed by atoms with Crippen molar-refractivity contribution in [2.24, 2.45) is 0 Å². The van der Waals surface area contributed by atoms with Crippen molar-refractivity contribution in [2.75, 3.05) is 6.54 Å². The van der Waals surface area contributed by atoms with E-state index in [1.54, 1.807) is 0 Å². The lowest BCUT2D eigenvalue weighted by Gasteiger charge is -2.18. The Balaban J connectivity index is 2.26. The smallest absolute Gasteiger partial charge is 0.194 e. The fourth-order valence-electron chi connectivity index (χ4n) is 2.11. The molecular formula is C15H17F3N2S. The first-order valence-corrected chi connectivity index (χ1v) is 7.68. The van der Waals surface area contributed by atoms with Gasteiger partial charge >= 0.3 is 0 Å². The summed E-state index contributed by atoms with van der Waals surface area (Å²) in [5.74, 6) is -3.76. The van der Waals surface area contributed by atoms with Gasteiger partial charge in [0, 0.05) is 17.8 Å². The van der Waals surface area contributed by atoms with Crippen LogP contribution in [0.15, 0.2) is 17.5 Å². The minimum absolute atomic E-state index is 0.295. The molecule has 1 atom stereocenters. The van der Waals surface area contributed by atoms with E-state index in [4.69, 9.17) is 0 Å². The summed E-state index contributed by atoms with van der Waals surface area (Å²) in [6.45, 7) is 4.61. The molecular weight excluding hydrogens is 297 g/mol. The quantitative estimate of drug-likeness (QED) is 0.810. The number of nitrogens with one attached hydrogen (secondary N) is 1. The summed E-state index contributed by atoms with van der Waals surface area (Å²) < 4.78 is 39.9. The van der Waals surface area contributed by atoms with Crippen LogP contribution in [-0.4, -0.2) is 11.5 Å². The molecule has 1 aromatic heterocycles. The molecule has 21 heavy (non-hydrogen) atoms. The molecule has 2 aromatic rings. The number of nitrogens with zero attached hydrogens (tertiary/aromatic N) is 1. The normalized spacial score (nSPS) is 12.6. The second kappa shape index (κ2) is 7.04. The summed E-state index contributed by atoms with van der Waals surface area (Å²) in [6.07, 6.45) is 1.40. The summed E-state index contributed by atoms with van der Waals surface area (Å²) in [7, 11) is 0. The molecule has 0 bridgehead atoms. The zero-order valence-corrected chi connectivity index (χ0v) is 12.7. The molecule has 2 nitrogen and oxygen atoms in total. The summed E-state index contributed by atoms with van der Waals surface area (Å²) in [5, 5.41) is 6.09. The molecule has 0 saturated carbocycles. The van der Waals surface area contributed by atoms with Crippen molar-refractivity contribution in [3.63, 3.8) is 0 Å². The third-order valence-corrected chi connectivity index (χ3v) is 3.95. The van der Waals surface area contributed by atoms with Crippen LogP contribution in [0.3, 0.4) is 0 Å². The van der Waals surface area contributed by atoms with Crippen molar-refractivity contribution >= 4 is 11.3 Å². The van der Waals surface area contributed by atoms with Crippen LogP contribution in [0, 0.1) is 24.4 Å². The van der Waals surface area contributed by atoms with Crippen molar-refractivity contribution < 1.29 is 13.2 Å². The Hall–Kier alpha value is -1.40. The van der Waals surface area contributed by atoms with Crippen LogP contribution in [0.5, 0.6) is 0 Å². The second-order valence-corrected chi connectivity index (χ2v) is 5.93. The molecule has 114 valence electrons. The predicted octanol–water partition coefficient (Wildman–Crippen LogP) is 4.15. The van der Waals surface area contributed by atoms with E-state index in [9.17, 15) is 13.2 Å². The van der Waals surface area contributed by atoms with Gasteiger partial charge in [-0.2, -0.15) is 0 Å². The van der Waals surface area contributed by atoms with Crippen molar-refractivity contribution in [3.05, 3.63) is 51.2 Å². The molecule has 0 spiro atoms. The number of thiazole rings is 1. The first-order valence-electron chi connectivity index (χ1n) is 6.80. The molecule has 0 aliphatic rings. The highest BCUT2D eigenvalue weighted by molar-refractivity contribution is 7.09. The van der Waals surface area contributed by atoms with Gasteiger partial charge in [-0.05, 0) is 37.6 Å². The highest BCUT2D eigenvalue weighted by atomic mass is 32.1. The number of hydrogen-bond acceptors (Lipinski definition) is 3. The van der Waals surface area contributed by atoms with Crippen LogP contribution in [0.1, 0.15) is 35.7 Å². The molecule has 1 heterocycles. The van der Waals surface area contributed by atoms with E-state index >= 15 is 0 Å². The Morgan fingerprint density at radius 2 is 1.90 bits per heavy atom. The van der Waals surface area contributed by atoms with Crippen molar-refractivity contribution in [1.82, 2.24) is 10.3 Å². The molecule has 6 heteroatoms. The van der Waals surface area contributed by atoms with E-state index in [1.165, 1.54) is 11.3 Å². The van der Waals surface area contributed by atoms with Crippen LogP contribution in [0.25, 0.3) is 0 Å². The number of benzene rings is 1. The van der Waals surface area contributed by atoms with Gasteiger partial charge in [-0.15, -0.1) is 11.3 Å². The molecule has 0 radical (unpaired) electrons. The average molecular weight is 314 g/mol. The van der Waals surface area contributed by atoms with Crippen LogP contribution >= 0.6 is 11.3 Å². The molecule has 2 rings (SSSR count). The van der Waals surface area contributed by atoms with E-state index in [2.05, 4.69) is 10.3 Å². The number of rotatable bonds is 6. The zero-order valence-electron chi connectivity index (χ0n) is 11.9. The number of aromatic nitrogens is 1. The summed E-state index contributed by atoms with van der Waals surface area (Å²) in [5.41, 5.74) is 1.25. The maximum Gasteiger partial charge on any atom is 0.194 e. The minimum Gasteiger partial charge on any atom is -0.310 e. The summed E-state index contributed by atoms with van der Waals surface area (Å²) in [4.78, 5) is 4.36. The Labute approximate surface area is 126 Å². The predicted molar refractivity (Wildman–Crippen MR) is 77.9 cm³/mol. The summed E-state index contributed by atoms with van der Waals surface area (Å²) in [6, 6.07) is 1.80. The van der Waals surface area contributed by atoms with Gasteiger partial charge in [0.25, 0.3) is 0 Å². The Morgan fingerprint density at radius 3 is 2.43 bits per heavy atom. The maximum absolute atomic E-state index is 13.4. The van der Waals surface area contributed by atoms with E-state index in [-0.39, 0.29) is 6.04 Å². The van der Waals surface area contributed by atoms with Gasteiger partial charge in [-0.1, -0.05) is 6.92 Å². The van der Waals surface area contributed by atoms with E-state index < -0.39 is 17.5 Å². The Bertz CT molecular complexity index is 590. The zero-order chi connectivity index (χ0) is 15.4. The number of halogens is 3. The molecule has 0 fully saturated rings. The summed E-state index contributed by atoms with van der Waals surface area (Å²) >= 11 is 1.53. The second-order valence-electron chi connectivity index (χ2n) is 4.87. The van der Waals surface area contributed by atoms with Crippen molar-refractivity contribution in [2.45, 2.75) is 32.7 Å². The standard InChI is InChI=1S/C15H17F3N2S/c1-3-4-19-14(7-11-8-21-9(2)20-11)10-5-12(16)15(18)13(17)6-10/h5-6,8,14,19H,3-4,7H2,1-2H3. The van der Waals surface area contributed by atoms with Gasteiger partial charge in [-0.3, -0.25) is 0 Å². The molecule has 1 N–H and O–H groups in total. The highest BCUT2D eigenvalue weighted by Crippen LogP contribution is 2.23. The van der Waals surface area contributed by atoms with E-state index in [1.807, 2.05) is 19.2 Å². The molecule has 1 unspecified atom stereocenters. The maximum atomic E-state index is 13.4. The van der Waals surface area contributed by atoms with Gasteiger partial charge in [0.2, 0.25) is 0 Å². The topological polar surface area (TPSA) is 24.9 Å². The highest BCUT2D eigenvalue weighted by Gasteiger charge is 2.18. The van der Waals surface area contributed by atoms with Crippen molar-refractivity contribution in [3.8, 4) is 0 Å². The van der Waals surface area contributed by atoms with E-state index in [0.717, 1.165) is 29.3 Å². The van der Waals surface area contributed by atoms with Crippen LogP contribution in [0.4, 0.5) is 13.2 Å². The molecule has 1 aromatic carbocycles. The fourth-order valence-corrected chi connectivity index (χ4v) is 2.74. The minimum atomic E-state index is -1.43. The Morgan fingerprint density at radius 1 is 1.24 bits per heavy atom. The fraction of sp³-hybridized carbons (Fsp3) is 0.400. The third-order valence-electron chi connectivity index (χ3n) is 3.13. The lowest BCUT2D eigenvalue weighted by molar-refractivity contribution is 0.438. The molecule has 0 aliphatic heterocycles. The molecule has 0 aliphatic carbocycles. The van der Waals surface area contributed by atoms with Crippen molar-refractivity contribution in [1.29, 1.82) is 0 Å². The molecule has 0 saturated heterocycles. The van der Waals surface area contributed by atoms with Crippen LogP contribution < -0.4 is 5.32 Å². The Kier molecular flexibility index (Phi) is 5.36. The van der Waals surface area contributed by atoms with E-state index in [0.29, 0.717) is 18.5 Å². The molecule has 0 amide bonds. The van der Waals surface area contributed by atoms with Crippen LogP contribution in [-0.2, 0) is 6.42 Å². The number of aryl methyl sites for hydroxylation is 1. The first kappa shape index (κ1) is 16.0. The lowest BCUT2D eigenvalue weighted by Crippen LogP contribution is -2.24. The van der Waals surface area contributed by atoms with Gasteiger partial charge in [0.15, 0.2) is 17.5 Å². The van der Waals surface area contributed by atoms with Crippen LogP contribution in [0.2, 0.25) is 0 Å². The number of hydrogen-bond donors (Lipinski definition) is 1. The third kappa shape index (κ3) is 4.04. The van der Waals surface area contributed by atoms with Gasteiger partial charge in [0.1, 0.15) is 0 Å². The SMILES string of the molecule is CCCNC(Cc1csc(C)n1)c1cc(F)c(F)c(F)c1. The van der Waals surface area contributed by atoms with Gasteiger partial charge in [-0.25, -0.2) is 18.2 Å². The first-order chi connectivity index (χ1) is 10.0. The lowest BCUT2D eigenvalue weighted by atomic mass is 10.0. The largest absolute Gasteiger partial charge is 0.310 e. The van der Waals surface area contributed by atoms with Gasteiger partial charge in [0.05, 0.1) is 10.7 Å². The monoisotopic (exact) mass is 314 g/mol. The van der Waals surface area contributed by atoms with Gasteiger partial charge < -0.3 is 5.32 Å².